The number of ether oxygens (including phenoxy) is 1. The molecule has 1 amide bonds. The highest BCUT2D eigenvalue weighted by Crippen LogP contribution is 2.43. The van der Waals surface area contributed by atoms with E-state index in [1.807, 2.05) is 4.72 Å². The Bertz CT molecular complexity index is 1170. The normalized spacial score (nSPS) is 24.7. The summed E-state index contributed by atoms with van der Waals surface area (Å²) < 4.78 is 33.3. The second-order valence-electron chi connectivity index (χ2n) is 8.77. The summed E-state index contributed by atoms with van der Waals surface area (Å²) >= 11 is 0. The summed E-state index contributed by atoms with van der Waals surface area (Å²) in [7, 11) is -4.38. The van der Waals surface area contributed by atoms with E-state index in [9.17, 15) is 28.4 Å². The van der Waals surface area contributed by atoms with Crippen LogP contribution >= 0.6 is 0 Å². The van der Waals surface area contributed by atoms with Gasteiger partial charge in [0.1, 0.15) is 6.61 Å². The van der Waals surface area contributed by atoms with Crippen molar-refractivity contribution < 1.29 is 28.0 Å². The standard InChI is InChI=1S/C22H25N3O7S/c1-22(27)9-7-14(8-10-22)17-13-32-19-12-16(11-18(25(28)29)20(19)23-17)33(30,31)24-21(26)15-5-3-2-4-6-15/h2-6,11-12,14,17,23,27H,7-10,13H2,1H3,(H,24,26). The Balaban J connectivity index is 1.59. The molecule has 33 heavy (non-hydrogen) atoms. The molecule has 1 heterocycles. The van der Waals surface area contributed by atoms with Crippen LogP contribution in [0.1, 0.15) is 43.0 Å². The number of carbonyl (C=O) groups excluding carboxylic acids is 1. The van der Waals surface area contributed by atoms with E-state index in [2.05, 4.69) is 5.32 Å². The lowest BCUT2D eigenvalue weighted by molar-refractivity contribution is -0.384. The van der Waals surface area contributed by atoms with Gasteiger partial charge in [0.15, 0.2) is 11.4 Å². The first-order chi connectivity index (χ1) is 15.6. The summed E-state index contributed by atoms with van der Waals surface area (Å²) in [6.45, 7) is 2.00. The molecule has 1 saturated carbocycles. The van der Waals surface area contributed by atoms with Crippen molar-refractivity contribution in [2.24, 2.45) is 5.92 Å². The lowest BCUT2D eigenvalue weighted by atomic mass is 9.76. The smallest absolute Gasteiger partial charge is 0.297 e. The van der Waals surface area contributed by atoms with Crippen LogP contribution in [0, 0.1) is 16.0 Å². The summed E-state index contributed by atoms with van der Waals surface area (Å²) in [6, 6.07) is 9.68. The highest BCUT2D eigenvalue weighted by atomic mass is 32.2. The number of carbonyl (C=O) groups is 1. The molecule has 3 N–H and O–H groups in total. The van der Waals surface area contributed by atoms with E-state index in [4.69, 9.17) is 4.74 Å². The van der Waals surface area contributed by atoms with Gasteiger partial charge in [0.05, 0.1) is 21.5 Å². The molecule has 2 aromatic rings. The zero-order chi connectivity index (χ0) is 23.8. The number of nitro groups is 1. The third-order valence-electron chi connectivity index (χ3n) is 6.25. The van der Waals surface area contributed by atoms with Gasteiger partial charge in [0.25, 0.3) is 21.6 Å². The second-order valence-corrected chi connectivity index (χ2v) is 10.5. The van der Waals surface area contributed by atoms with Gasteiger partial charge < -0.3 is 15.2 Å². The SMILES string of the molecule is CC1(O)CCC(C2COc3cc(S(=O)(=O)NC(=O)c4ccccc4)cc([N+](=O)[O-])c3N2)CC1. The van der Waals surface area contributed by atoms with Gasteiger partial charge in [-0.25, -0.2) is 13.1 Å². The van der Waals surface area contributed by atoms with Gasteiger partial charge in [-0.1, -0.05) is 18.2 Å². The third-order valence-corrected chi connectivity index (χ3v) is 7.56. The van der Waals surface area contributed by atoms with Gasteiger partial charge in [-0.15, -0.1) is 0 Å². The summed E-state index contributed by atoms with van der Waals surface area (Å²) in [5, 5.41) is 25.1. The van der Waals surface area contributed by atoms with Crippen molar-refractivity contribution in [3.8, 4) is 5.75 Å². The van der Waals surface area contributed by atoms with Crippen LogP contribution in [0.3, 0.4) is 0 Å². The summed E-state index contributed by atoms with van der Waals surface area (Å²) in [4.78, 5) is 23.0. The molecule has 0 bridgehead atoms. The van der Waals surface area contributed by atoms with E-state index < -0.39 is 37.0 Å². The molecular formula is C22H25N3O7S. The number of sulfonamides is 1. The first kappa shape index (κ1) is 23.0. The maximum atomic E-state index is 12.8. The topological polar surface area (TPSA) is 148 Å². The van der Waals surface area contributed by atoms with E-state index in [0.29, 0.717) is 12.8 Å². The molecule has 1 unspecified atom stereocenters. The minimum Gasteiger partial charge on any atom is -0.489 e. The number of amides is 1. The number of benzene rings is 2. The van der Waals surface area contributed by atoms with E-state index in [1.165, 1.54) is 18.2 Å². The highest BCUT2D eigenvalue weighted by Gasteiger charge is 2.37. The quantitative estimate of drug-likeness (QED) is 0.442. The van der Waals surface area contributed by atoms with E-state index >= 15 is 0 Å². The Morgan fingerprint density at radius 1 is 1.24 bits per heavy atom. The number of hydrogen-bond donors (Lipinski definition) is 3. The van der Waals surface area contributed by atoms with Crippen LogP contribution < -0.4 is 14.8 Å². The zero-order valence-electron chi connectivity index (χ0n) is 18.0. The van der Waals surface area contributed by atoms with Gasteiger partial charge in [-0.05, 0) is 50.7 Å². The minimum absolute atomic E-state index is 0.0378. The molecule has 0 aromatic heterocycles. The fraction of sp³-hybridized carbons (Fsp3) is 0.409. The number of rotatable bonds is 5. The van der Waals surface area contributed by atoms with Crippen molar-refractivity contribution in [2.75, 3.05) is 11.9 Å². The van der Waals surface area contributed by atoms with Crippen molar-refractivity contribution in [2.45, 2.75) is 49.1 Å². The van der Waals surface area contributed by atoms with Crippen LogP contribution in [0.2, 0.25) is 0 Å². The molecule has 176 valence electrons. The molecule has 2 aromatic carbocycles. The molecule has 0 radical (unpaired) electrons. The van der Waals surface area contributed by atoms with Gasteiger partial charge in [-0.3, -0.25) is 14.9 Å². The Morgan fingerprint density at radius 2 is 1.91 bits per heavy atom. The predicted octanol–water partition coefficient (Wildman–Crippen LogP) is 2.83. The third kappa shape index (κ3) is 4.93. The van der Waals surface area contributed by atoms with E-state index in [0.717, 1.165) is 18.9 Å². The molecule has 1 aliphatic carbocycles. The van der Waals surface area contributed by atoms with Crippen LogP contribution in [0.25, 0.3) is 0 Å². The lowest BCUT2D eigenvalue weighted by Gasteiger charge is -2.39. The number of nitro benzene ring substituents is 1. The van der Waals surface area contributed by atoms with Gasteiger partial charge >= 0.3 is 0 Å². The molecule has 2 aliphatic rings. The van der Waals surface area contributed by atoms with Crippen molar-refractivity contribution in [3.63, 3.8) is 0 Å². The average Bonchev–Trinajstić information content (AvgIpc) is 2.78. The Hall–Kier alpha value is -3.18. The molecule has 11 heteroatoms. The zero-order valence-corrected chi connectivity index (χ0v) is 18.8. The Kier molecular flexibility index (Phi) is 6.02. The Morgan fingerprint density at radius 3 is 2.55 bits per heavy atom. The van der Waals surface area contributed by atoms with E-state index in [1.54, 1.807) is 25.1 Å². The van der Waals surface area contributed by atoms with Crippen LogP contribution in [0.15, 0.2) is 47.4 Å². The maximum absolute atomic E-state index is 12.8. The summed E-state index contributed by atoms with van der Waals surface area (Å²) in [6.07, 6.45) is 2.75. The average molecular weight is 476 g/mol. The predicted molar refractivity (Wildman–Crippen MR) is 120 cm³/mol. The molecule has 0 spiro atoms. The van der Waals surface area contributed by atoms with Crippen LogP contribution in [-0.4, -0.2) is 42.6 Å². The van der Waals surface area contributed by atoms with Crippen molar-refractivity contribution in [3.05, 3.63) is 58.1 Å². The monoisotopic (exact) mass is 475 g/mol. The molecule has 0 saturated heterocycles. The van der Waals surface area contributed by atoms with E-state index in [-0.39, 0.29) is 35.6 Å². The molecule has 4 rings (SSSR count). The van der Waals surface area contributed by atoms with Crippen molar-refractivity contribution in [1.82, 2.24) is 4.72 Å². The van der Waals surface area contributed by atoms with Crippen LogP contribution in [0.5, 0.6) is 5.75 Å². The number of anilines is 1. The molecule has 10 nitrogen and oxygen atoms in total. The van der Waals surface area contributed by atoms with Gasteiger partial charge in [0.2, 0.25) is 0 Å². The van der Waals surface area contributed by atoms with Crippen LogP contribution in [0.4, 0.5) is 11.4 Å². The van der Waals surface area contributed by atoms with Crippen molar-refractivity contribution in [1.29, 1.82) is 0 Å². The van der Waals surface area contributed by atoms with Crippen LogP contribution in [-0.2, 0) is 10.0 Å². The first-order valence-corrected chi connectivity index (χ1v) is 12.1. The molecular weight excluding hydrogens is 450 g/mol. The van der Waals surface area contributed by atoms with Crippen molar-refractivity contribution >= 4 is 27.3 Å². The lowest BCUT2D eigenvalue weighted by Crippen LogP contribution is -2.42. The maximum Gasteiger partial charge on any atom is 0.297 e. The number of nitrogens with zero attached hydrogens (tertiary/aromatic N) is 1. The number of fused-ring (bicyclic) bond motifs is 1. The highest BCUT2D eigenvalue weighted by molar-refractivity contribution is 7.90. The van der Waals surface area contributed by atoms with Gasteiger partial charge in [-0.2, -0.15) is 0 Å². The van der Waals surface area contributed by atoms with Gasteiger partial charge in [0, 0.05) is 17.7 Å². The first-order valence-electron chi connectivity index (χ1n) is 10.6. The molecule has 1 fully saturated rings. The Labute approximate surface area is 191 Å². The number of hydrogen-bond acceptors (Lipinski definition) is 8. The molecule has 1 atom stereocenters. The molecule has 1 aliphatic heterocycles. The minimum atomic E-state index is -4.38. The largest absolute Gasteiger partial charge is 0.489 e. The summed E-state index contributed by atoms with van der Waals surface area (Å²) in [5.74, 6) is -0.648. The number of nitrogens with one attached hydrogen (secondary N) is 2. The number of aliphatic hydroxyl groups is 1. The fourth-order valence-electron chi connectivity index (χ4n) is 4.29. The fourth-order valence-corrected chi connectivity index (χ4v) is 5.30. The summed E-state index contributed by atoms with van der Waals surface area (Å²) in [5.41, 5.74) is -0.904. The second kappa shape index (κ2) is 8.64.